The highest BCUT2D eigenvalue weighted by molar-refractivity contribution is 5.99. The highest BCUT2D eigenvalue weighted by Crippen LogP contribution is 2.50. The Morgan fingerprint density at radius 3 is 1.54 bits per heavy atom. The van der Waals surface area contributed by atoms with Crippen LogP contribution in [0.5, 0.6) is 0 Å². The van der Waals surface area contributed by atoms with Gasteiger partial charge in [0.25, 0.3) is 0 Å². The Kier molecular flexibility index (Phi) is 5.08. The van der Waals surface area contributed by atoms with Gasteiger partial charge in [-0.2, -0.15) is 0 Å². The van der Waals surface area contributed by atoms with Gasteiger partial charge in [0.1, 0.15) is 0 Å². The first-order valence-corrected chi connectivity index (χ1v) is 13.1. The minimum atomic E-state index is 0.194. The molecule has 2 aromatic carbocycles. The van der Waals surface area contributed by atoms with Crippen molar-refractivity contribution < 1.29 is 0 Å². The van der Waals surface area contributed by atoms with Gasteiger partial charge in [-0.05, 0) is 92.3 Å². The maximum atomic E-state index is 2.41. The van der Waals surface area contributed by atoms with Crippen LogP contribution in [0.25, 0.3) is 33.9 Å². The summed E-state index contributed by atoms with van der Waals surface area (Å²) in [6.07, 6.45) is 2.41. The second-order valence-electron chi connectivity index (χ2n) is 10.2. The highest BCUT2D eigenvalue weighted by Gasteiger charge is 2.32. The Hall–Kier alpha value is -4.42. The quantitative estimate of drug-likeness (QED) is 0.235. The summed E-state index contributed by atoms with van der Waals surface area (Å²) in [6, 6.07) is 44.6. The first-order valence-electron chi connectivity index (χ1n) is 13.1. The molecule has 5 aliphatic carbocycles. The van der Waals surface area contributed by atoms with E-state index in [0.717, 1.165) is 0 Å². The molecule has 2 aromatic rings. The molecule has 5 aliphatic rings. The number of benzene rings is 2. The second-order valence-corrected chi connectivity index (χ2v) is 10.2. The van der Waals surface area contributed by atoms with Gasteiger partial charge in [-0.15, -0.1) is 0 Å². The summed E-state index contributed by atoms with van der Waals surface area (Å²) in [5.41, 5.74) is 17.3. The number of rotatable bonds is 2. The van der Waals surface area contributed by atoms with Crippen LogP contribution < -0.4 is 0 Å². The summed E-state index contributed by atoms with van der Waals surface area (Å²) in [5, 5.41) is 0. The first kappa shape index (κ1) is 21.8. The van der Waals surface area contributed by atoms with Crippen LogP contribution in [0.3, 0.4) is 0 Å². The summed E-state index contributed by atoms with van der Waals surface area (Å²) >= 11 is 0. The summed E-state index contributed by atoms with van der Waals surface area (Å²) in [4.78, 5) is 0. The molecule has 0 spiro atoms. The molecular formula is C37H28. The number of hydrogen-bond donors (Lipinski definition) is 0. The summed E-state index contributed by atoms with van der Waals surface area (Å²) in [5.74, 6) is 0.194. The SMILES string of the molecule is Cc1cc(C=C2c3ccccc3C(c3cc(C)c4cccccc3-4)c3ccccc32)c2cccccc1-2. The molecule has 0 saturated carbocycles. The lowest BCUT2D eigenvalue weighted by atomic mass is 9.72. The summed E-state index contributed by atoms with van der Waals surface area (Å²) in [6.45, 7) is 4.45. The standard InChI is InChI=1S/C37H28/c1-24-21-26(29-15-7-3-5-13-27(24)29)23-35-31-17-9-11-19-33(31)37(34-20-12-10-18-32(34)35)36-22-25(2)28-14-6-4-8-16-30(28)36/h3-23,37H,1-2H3. The molecule has 37 heavy (non-hydrogen) atoms. The third-order valence-corrected chi connectivity index (χ3v) is 8.03. The van der Waals surface area contributed by atoms with Gasteiger partial charge >= 0.3 is 0 Å². The van der Waals surface area contributed by atoms with Crippen LogP contribution in [-0.2, 0) is 0 Å². The van der Waals surface area contributed by atoms with Crippen molar-refractivity contribution in [3.63, 3.8) is 0 Å². The van der Waals surface area contributed by atoms with Crippen molar-refractivity contribution >= 4 is 11.6 Å². The van der Waals surface area contributed by atoms with Gasteiger partial charge < -0.3 is 0 Å². The molecule has 0 bridgehead atoms. The van der Waals surface area contributed by atoms with Gasteiger partial charge in [-0.25, -0.2) is 0 Å². The van der Waals surface area contributed by atoms with Gasteiger partial charge in [0.2, 0.25) is 0 Å². The average Bonchev–Trinajstić information content (AvgIpc) is 3.17. The molecule has 0 N–H and O–H groups in total. The van der Waals surface area contributed by atoms with Gasteiger partial charge in [0, 0.05) is 5.92 Å². The van der Waals surface area contributed by atoms with E-state index in [1.54, 1.807) is 0 Å². The van der Waals surface area contributed by atoms with Crippen molar-refractivity contribution in [2.24, 2.45) is 0 Å². The zero-order valence-electron chi connectivity index (χ0n) is 21.2. The molecule has 0 radical (unpaired) electrons. The second kappa shape index (κ2) is 8.61. The molecular weight excluding hydrogens is 444 g/mol. The predicted molar refractivity (Wildman–Crippen MR) is 156 cm³/mol. The van der Waals surface area contributed by atoms with Crippen LogP contribution in [0.2, 0.25) is 0 Å². The Morgan fingerprint density at radius 2 is 0.892 bits per heavy atom. The van der Waals surface area contributed by atoms with Crippen LogP contribution in [0.4, 0.5) is 0 Å². The van der Waals surface area contributed by atoms with Gasteiger partial charge in [0.15, 0.2) is 0 Å². The fourth-order valence-electron chi connectivity index (χ4n) is 6.37. The summed E-state index contributed by atoms with van der Waals surface area (Å²) in [7, 11) is 0. The van der Waals surface area contributed by atoms with Gasteiger partial charge in [-0.3, -0.25) is 0 Å². The van der Waals surface area contributed by atoms with E-state index in [1.165, 1.54) is 72.3 Å². The highest BCUT2D eigenvalue weighted by atomic mass is 14.3. The normalized spacial score (nSPS) is 14.4. The smallest absolute Gasteiger partial charge is 0.0358 e. The molecule has 0 nitrogen and oxygen atoms in total. The lowest BCUT2D eigenvalue weighted by molar-refractivity contribution is 0.958. The third kappa shape index (κ3) is 3.44. The van der Waals surface area contributed by atoms with Gasteiger partial charge in [-0.1, -0.05) is 121 Å². The van der Waals surface area contributed by atoms with Crippen molar-refractivity contribution in [3.05, 3.63) is 166 Å². The molecule has 176 valence electrons. The van der Waals surface area contributed by atoms with Crippen molar-refractivity contribution in [1.82, 2.24) is 0 Å². The topological polar surface area (TPSA) is 0 Å². The van der Waals surface area contributed by atoms with Gasteiger partial charge in [0.05, 0.1) is 0 Å². The van der Waals surface area contributed by atoms with Crippen molar-refractivity contribution in [1.29, 1.82) is 0 Å². The molecule has 0 aromatic heterocycles. The van der Waals surface area contributed by atoms with E-state index in [4.69, 9.17) is 0 Å². The Balaban J connectivity index is 1.49. The van der Waals surface area contributed by atoms with E-state index in [2.05, 4.69) is 141 Å². The van der Waals surface area contributed by atoms with Crippen LogP contribution in [-0.4, -0.2) is 0 Å². The zero-order valence-corrected chi connectivity index (χ0v) is 21.2. The molecule has 0 saturated heterocycles. The van der Waals surface area contributed by atoms with E-state index in [1.807, 2.05) is 0 Å². The monoisotopic (exact) mass is 472 g/mol. The van der Waals surface area contributed by atoms with Crippen molar-refractivity contribution in [2.45, 2.75) is 19.8 Å². The van der Waals surface area contributed by atoms with E-state index in [-0.39, 0.29) is 5.92 Å². The van der Waals surface area contributed by atoms with E-state index < -0.39 is 0 Å². The largest absolute Gasteiger partial charge is 0.0622 e. The summed E-state index contributed by atoms with van der Waals surface area (Å²) < 4.78 is 0. The van der Waals surface area contributed by atoms with E-state index >= 15 is 0 Å². The fourth-order valence-corrected chi connectivity index (χ4v) is 6.37. The fraction of sp³-hybridized carbons (Fsp3) is 0.0811. The Morgan fingerprint density at radius 1 is 0.432 bits per heavy atom. The lowest BCUT2D eigenvalue weighted by Crippen LogP contribution is -2.14. The van der Waals surface area contributed by atoms with Crippen molar-refractivity contribution in [3.8, 4) is 22.3 Å². The predicted octanol–water partition coefficient (Wildman–Crippen LogP) is 9.60. The Labute approximate surface area is 219 Å². The van der Waals surface area contributed by atoms with Crippen molar-refractivity contribution in [2.75, 3.05) is 0 Å². The van der Waals surface area contributed by atoms with Crippen LogP contribution in [0.1, 0.15) is 50.4 Å². The molecule has 0 atom stereocenters. The van der Waals surface area contributed by atoms with E-state index in [0.29, 0.717) is 0 Å². The molecule has 0 amide bonds. The maximum absolute atomic E-state index is 2.41. The van der Waals surface area contributed by atoms with E-state index in [9.17, 15) is 0 Å². The Bertz CT molecular complexity index is 1700. The molecule has 0 heterocycles. The lowest BCUT2D eigenvalue weighted by Gasteiger charge is -2.31. The maximum Gasteiger partial charge on any atom is 0.0358 e. The van der Waals surface area contributed by atoms with Crippen LogP contribution in [0.15, 0.2) is 121 Å². The minimum absolute atomic E-state index is 0.194. The average molecular weight is 473 g/mol. The number of aryl methyl sites for hydroxylation is 2. The molecule has 0 heteroatoms. The van der Waals surface area contributed by atoms with Crippen LogP contribution in [0, 0.1) is 13.8 Å². The molecule has 7 rings (SSSR count). The minimum Gasteiger partial charge on any atom is -0.0622 e. The molecule has 0 unspecified atom stereocenters. The molecule has 0 fully saturated rings. The number of hydrogen-bond acceptors (Lipinski definition) is 0. The van der Waals surface area contributed by atoms with Crippen LogP contribution >= 0.6 is 0 Å². The molecule has 0 aliphatic heterocycles. The third-order valence-electron chi connectivity index (χ3n) is 8.03. The number of fused-ring (bicyclic) bond motifs is 4. The zero-order chi connectivity index (χ0) is 24.9. The first-order chi connectivity index (χ1) is 18.2.